The van der Waals surface area contributed by atoms with Gasteiger partial charge in [0.25, 0.3) is 0 Å². The highest BCUT2D eigenvalue weighted by molar-refractivity contribution is 7.59. The second kappa shape index (κ2) is 15.4. The molecule has 1 fully saturated rings. The van der Waals surface area contributed by atoms with Crippen LogP contribution in [-0.2, 0) is 25.5 Å². The number of aryl methyl sites for hydroxylation is 1. The van der Waals surface area contributed by atoms with Gasteiger partial charge in [-0.1, -0.05) is 30.3 Å². The van der Waals surface area contributed by atoms with E-state index in [1.807, 2.05) is 30.3 Å². The summed E-state index contributed by atoms with van der Waals surface area (Å²) in [5, 5.41) is 12.3. The average Bonchev–Trinajstić information content (AvgIpc) is 3.15. The van der Waals surface area contributed by atoms with Crippen molar-refractivity contribution < 1.29 is 24.2 Å². The predicted molar refractivity (Wildman–Crippen MR) is 131 cm³/mol. The van der Waals surface area contributed by atoms with Crippen LogP contribution in [0.5, 0.6) is 0 Å². The highest BCUT2D eigenvalue weighted by Gasteiger charge is 2.36. The van der Waals surface area contributed by atoms with Crippen LogP contribution in [0.15, 0.2) is 30.3 Å². The summed E-state index contributed by atoms with van der Waals surface area (Å²) in [6, 6.07) is 7.69. The molecule has 1 aliphatic heterocycles. The lowest BCUT2D eigenvalue weighted by Gasteiger charge is -2.27. The van der Waals surface area contributed by atoms with Crippen molar-refractivity contribution in [2.24, 2.45) is 0 Å². The SMILES string of the molecule is CCOC(=O)C(CCc1ccccc1)N[C@@H](C)C(=O)N1CCCC1C(=O)O.S.S.S. The molecule has 3 atom stereocenters. The topological polar surface area (TPSA) is 95.9 Å². The standard InChI is InChI=1S/C20H28N2O5.3H2S/c1-3-27-20(26)16(12-11-15-8-5-4-6-9-15)21-14(2)18(23)22-13-7-10-17(22)19(24)25;;;/h4-6,8-9,14,16-17,21H,3,7,10-13H2,1-2H3,(H,24,25);3*1H2/t14-,16?,17?;;;/m0.../s1. The van der Waals surface area contributed by atoms with E-state index in [9.17, 15) is 19.5 Å². The molecule has 30 heavy (non-hydrogen) atoms. The minimum absolute atomic E-state index is 0. The lowest BCUT2D eigenvalue weighted by molar-refractivity contribution is -0.150. The Morgan fingerprint density at radius 3 is 2.40 bits per heavy atom. The van der Waals surface area contributed by atoms with Gasteiger partial charge in [-0.3, -0.25) is 14.9 Å². The highest BCUT2D eigenvalue weighted by atomic mass is 32.1. The molecule has 0 bridgehead atoms. The van der Waals surface area contributed by atoms with Gasteiger partial charge in [0, 0.05) is 6.54 Å². The molecular weight excluding hydrogens is 444 g/mol. The summed E-state index contributed by atoms with van der Waals surface area (Å²) in [4.78, 5) is 37.7. The Labute approximate surface area is 199 Å². The largest absolute Gasteiger partial charge is 0.480 e. The third-order valence-electron chi connectivity index (χ3n) is 4.78. The maximum absolute atomic E-state index is 12.7. The van der Waals surface area contributed by atoms with E-state index >= 15 is 0 Å². The van der Waals surface area contributed by atoms with E-state index in [0.29, 0.717) is 32.2 Å². The lowest BCUT2D eigenvalue weighted by Crippen LogP contribution is -2.53. The Kier molecular flexibility index (Phi) is 15.9. The third-order valence-corrected chi connectivity index (χ3v) is 4.78. The summed E-state index contributed by atoms with van der Waals surface area (Å²) >= 11 is 0. The number of carboxylic acid groups (broad SMARTS) is 1. The van der Waals surface area contributed by atoms with Crippen LogP contribution in [-0.4, -0.2) is 59.1 Å². The first-order valence-electron chi connectivity index (χ1n) is 9.44. The Morgan fingerprint density at radius 2 is 1.83 bits per heavy atom. The quantitative estimate of drug-likeness (QED) is 0.527. The zero-order valence-corrected chi connectivity index (χ0v) is 20.4. The number of likely N-dealkylation sites (tertiary alicyclic amines) is 1. The highest BCUT2D eigenvalue weighted by Crippen LogP contribution is 2.19. The monoisotopic (exact) mass is 478 g/mol. The summed E-state index contributed by atoms with van der Waals surface area (Å²) in [7, 11) is 0. The minimum atomic E-state index is -0.987. The fourth-order valence-electron chi connectivity index (χ4n) is 3.38. The fourth-order valence-corrected chi connectivity index (χ4v) is 3.38. The number of benzene rings is 1. The van der Waals surface area contributed by atoms with E-state index in [1.54, 1.807) is 13.8 Å². The third kappa shape index (κ3) is 8.79. The minimum Gasteiger partial charge on any atom is -0.480 e. The van der Waals surface area contributed by atoms with Crippen LogP contribution in [0.1, 0.15) is 38.7 Å². The van der Waals surface area contributed by atoms with Crippen molar-refractivity contribution in [1.82, 2.24) is 10.2 Å². The van der Waals surface area contributed by atoms with Crippen molar-refractivity contribution in [3.8, 4) is 0 Å². The van der Waals surface area contributed by atoms with Crippen molar-refractivity contribution in [1.29, 1.82) is 0 Å². The molecule has 0 radical (unpaired) electrons. The van der Waals surface area contributed by atoms with Crippen molar-refractivity contribution in [3.63, 3.8) is 0 Å². The molecule has 1 heterocycles. The van der Waals surface area contributed by atoms with E-state index in [0.717, 1.165) is 5.56 Å². The Hall–Kier alpha value is -1.36. The number of amides is 1. The van der Waals surface area contributed by atoms with Crippen LogP contribution in [0.2, 0.25) is 0 Å². The van der Waals surface area contributed by atoms with Crippen LogP contribution in [0.25, 0.3) is 0 Å². The summed E-state index contributed by atoms with van der Waals surface area (Å²) < 4.78 is 5.14. The second-order valence-corrected chi connectivity index (χ2v) is 6.75. The molecular formula is C20H34N2O5S3. The number of carbonyl (C=O) groups excluding carboxylic acids is 2. The first kappa shape index (κ1) is 30.8. The molecule has 1 aromatic carbocycles. The smallest absolute Gasteiger partial charge is 0.326 e. The summed E-state index contributed by atoms with van der Waals surface area (Å²) in [6.45, 7) is 4.09. The molecule has 2 N–H and O–H groups in total. The van der Waals surface area contributed by atoms with Gasteiger partial charge in [0.05, 0.1) is 12.6 Å². The molecule has 1 saturated heterocycles. The van der Waals surface area contributed by atoms with Crippen LogP contribution in [0.3, 0.4) is 0 Å². The van der Waals surface area contributed by atoms with Gasteiger partial charge in [-0.25, -0.2) is 4.79 Å². The van der Waals surface area contributed by atoms with E-state index in [1.165, 1.54) is 4.90 Å². The molecule has 0 spiro atoms. The zero-order valence-electron chi connectivity index (χ0n) is 17.4. The number of nitrogens with zero attached hydrogens (tertiary/aromatic N) is 1. The number of nitrogens with one attached hydrogen (secondary N) is 1. The molecule has 2 unspecified atom stereocenters. The molecule has 1 aromatic rings. The van der Waals surface area contributed by atoms with Gasteiger partial charge < -0.3 is 14.7 Å². The molecule has 10 heteroatoms. The number of ether oxygens (including phenoxy) is 1. The first-order chi connectivity index (χ1) is 12.9. The van der Waals surface area contributed by atoms with Crippen molar-refractivity contribution in [2.75, 3.05) is 13.2 Å². The molecule has 0 saturated carbocycles. The lowest BCUT2D eigenvalue weighted by atomic mass is 10.0. The van der Waals surface area contributed by atoms with Gasteiger partial charge in [-0.2, -0.15) is 40.5 Å². The summed E-state index contributed by atoms with van der Waals surface area (Å²) in [6.07, 6.45) is 2.29. The van der Waals surface area contributed by atoms with E-state index in [2.05, 4.69) is 5.32 Å². The van der Waals surface area contributed by atoms with E-state index in [-0.39, 0.29) is 53.0 Å². The van der Waals surface area contributed by atoms with Gasteiger partial charge in [0.2, 0.25) is 5.91 Å². The molecule has 0 aliphatic carbocycles. The van der Waals surface area contributed by atoms with Crippen LogP contribution >= 0.6 is 40.5 Å². The maximum atomic E-state index is 12.7. The van der Waals surface area contributed by atoms with Gasteiger partial charge in [0.1, 0.15) is 12.1 Å². The molecule has 172 valence electrons. The Bertz CT molecular complexity index is 663. The van der Waals surface area contributed by atoms with Gasteiger partial charge >= 0.3 is 11.9 Å². The van der Waals surface area contributed by atoms with Crippen molar-refractivity contribution in [3.05, 3.63) is 35.9 Å². The molecule has 7 nitrogen and oxygen atoms in total. The van der Waals surface area contributed by atoms with Gasteiger partial charge in [-0.15, -0.1) is 0 Å². The normalized spacial score (nSPS) is 16.9. The Balaban J connectivity index is 0. The zero-order chi connectivity index (χ0) is 19.8. The number of carbonyl (C=O) groups is 3. The first-order valence-corrected chi connectivity index (χ1v) is 9.44. The molecule has 1 amide bonds. The summed E-state index contributed by atoms with van der Waals surface area (Å²) in [5.74, 6) is -1.68. The molecule has 1 aliphatic rings. The van der Waals surface area contributed by atoms with Gasteiger partial charge in [0.15, 0.2) is 0 Å². The maximum Gasteiger partial charge on any atom is 0.326 e. The number of hydrogen-bond donors (Lipinski definition) is 2. The van der Waals surface area contributed by atoms with E-state index < -0.39 is 30.1 Å². The molecule has 2 rings (SSSR count). The fraction of sp³-hybridized carbons (Fsp3) is 0.550. The van der Waals surface area contributed by atoms with Crippen molar-refractivity contribution >= 4 is 58.3 Å². The Morgan fingerprint density at radius 1 is 1.20 bits per heavy atom. The number of aliphatic carboxylic acids is 1. The van der Waals surface area contributed by atoms with E-state index in [4.69, 9.17) is 4.74 Å². The number of carboxylic acids is 1. The van der Waals surface area contributed by atoms with Crippen LogP contribution in [0.4, 0.5) is 0 Å². The van der Waals surface area contributed by atoms with Gasteiger partial charge in [-0.05, 0) is 45.1 Å². The number of esters is 1. The molecule has 0 aromatic heterocycles. The average molecular weight is 479 g/mol. The summed E-state index contributed by atoms with van der Waals surface area (Å²) in [5.41, 5.74) is 1.10. The predicted octanol–water partition coefficient (Wildman–Crippen LogP) is 1.94. The van der Waals surface area contributed by atoms with Crippen LogP contribution in [0, 0.1) is 0 Å². The number of hydrogen-bond acceptors (Lipinski definition) is 5. The second-order valence-electron chi connectivity index (χ2n) is 6.75. The van der Waals surface area contributed by atoms with Crippen molar-refractivity contribution in [2.45, 2.75) is 57.7 Å². The van der Waals surface area contributed by atoms with Crippen LogP contribution < -0.4 is 5.32 Å². The number of rotatable bonds is 9.